The molecule has 2 aromatic heterocycles. The molecule has 3 nitrogen and oxygen atoms in total. The SMILES string of the molecule is CC(C)(C)c1cc(=S)nc(-c2ccc(F)cn2)[nH]1. The molecule has 0 aliphatic carbocycles. The van der Waals surface area contributed by atoms with Gasteiger partial charge in [0.2, 0.25) is 0 Å². The Labute approximate surface area is 110 Å². The van der Waals surface area contributed by atoms with Crippen LogP contribution in [0.5, 0.6) is 0 Å². The van der Waals surface area contributed by atoms with E-state index in [9.17, 15) is 4.39 Å². The summed E-state index contributed by atoms with van der Waals surface area (Å²) in [6.07, 6.45) is 1.16. The summed E-state index contributed by atoms with van der Waals surface area (Å²) < 4.78 is 13.3. The lowest BCUT2D eigenvalue weighted by Crippen LogP contribution is -2.14. The molecule has 94 valence electrons. The zero-order valence-electron chi connectivity index (χ0n) is 10.5. The molecule has 0 aromatic carbocycles. The van der Waals surface area contributed by atoms with E-state index >= 15 is 0 Å². The van der Waals surface area contributed by atoms with Crippen LogP contribution in [0.2, 0.25) is 0 Å². The van der Waals surface area contributed by atoms with Gasteiger partial charge in [-0.3, -0.25) is 0 Å². The van der Waals surface area contributed by atoms with Gasteiger partial charge >= 0.3 is 0 Å². The number of pyridine rings is 1. The summed E-state index contributed by atoms with van der Waals surface area (Å²) in [7, 11) is 0. The Morgan fingerprint density at radius 1 is 1.28 bits per heavy atom. The number of halogens is 1. The Hall–Kier alpha value is -1.62. The molecule has 5 heteroatoms. The molecule has 0 aliphatic rings. The van der Waals surface area contributed by atoms with Crippen molar-refractivity contribution in [2.24, 2.45) is 0 Å². The van der Waals surface area contributed by atoms with Crippen LogP contribution in [0.15, 0.2) is 24.4 Å². The van der Waals surface area contributed by atoms with E-state index in [-0.39, 0.29) is 11.2 Å². The highest BCUT2D eigenvalue weighted by molar-refractivity contribution is 7.71. The second-order valence-electron chi connectivity index (χ2n) is 5.09. The average molecular weight is 263 g/mol. The molecule has 0 bridgehead atoms. The maximum Gasteiger partial charge on any atom is 0.157 e. The van der Waals surface area contributed by atoms with Crippen molar-refractivity contribution >= 4 is 12.2 Å². The second-order valence-corrected chi connectivity index (χ2v) is 5.51. The van der Waals surface area contributed by atoms with E-state index in [0.29, 0.717) is 16.2 Å². The van der Waals surface area contributed by atoms with E-state index in [1.54, 1.807) is 6.07 Å². The first-order valence-corrected chi connectivity index (χ1v) is 6.01. The summed E-state index contributed by atoms with van der Waals surface area (Å²) in [5, 5.41) is 0. The molecule has 0 aliphatic heterocycles. The highest BCUT2D eigenvalue weighted by Gasteiger charge is 2.16. The third-order valence-corrected chi connectivity index (χ3v) is 2.73. The molecule has 2 rings (SSSR count). The first-order valence-electron chi connectivity index (χ1n) is 5.60. The fourth-order valence-electron chi connectivity index (χ4n) is 1.50. The summed E-state index contributed by atoms with van der Waals surface area (Å²) >= 11 is 5.15. The average Bonchev–Trinajstić information content (AvgIpc) is 2.28. The molecule has 2 heterocycles. The molecule has 0 radical (unpaired) electrons. The van der Waals surface area contributed by atoms with Gasteiger partial charge in [0.05, 0.1) is 6.20 Å². The fraction of sp³-hybridized carbons (Fsp3) is 0.308. The van der Waals surface area contributed by atoms with Gasteiger partial charge < -0.3 is 4.98 Å². The number of hydrogen-bond donors (Lipinski definition) is 1. The molecular formula is C13H14FN3S. The number of aromatic amines is 1. The van der Waals surface area contributed by atoms with Crippen molar-refractivity contribution < 1.29 is 4.39 Å². The fourth-order valence-corrected chi connectivity index (χ4v) is 1.71. The van der Waals surface area contributed by atoms with Gasteiger partial charge in [-0.25, -0.2) is 14.4 Å². The molecule has 2 aromatic rings. The van der Waals surface area contributed by atoms with Gasteiger partial charge in [-0.2, -0.15) is 0 Å². The standard InChI is InChI=1S/C13H14FN3S/c1-13(2,3)10-6-11(18)17-12(16-10)9-5-4-8(14)7-15-9/h4-7H,1-3H3,(H,16,17,18). The highest BCUT2D eigenvalue weighted by atomic mass is 32.1. The molecule has 0 spiro atoms. The molecule has 0 saturated heterocycles. The smallest absolute Gasteiger partial charge is 0.157 e. The first-order chi connectivity index (χ1) is 8.36. The number of hydrogen-bond acceptors (Lipinski definition) is 3. The van der Waals surface area contributed by atoms with Crippen molar-refractivity contribution in [2.45, 2.75) is 26.2 Å². The van der Waals surface area contributed by atoms with E-state index in [4.69, 9.17) is 12.2 Å². The van der Waals surface area contributed by atoms with Crippen LogP contribution in [0, 0.1) is 10.5 Å². The van der Waals surface area contributed by atoms with E-state index in [1.165, 1.54) is 6.07 Å². The largest absolute Gasteiger partial charge is 0.341 e. The quantitative estimate of drug-likeness (QED) is 0.799. The van der Waals surface area contributed by atoms with Crippen LogP contribution in [-0.2, 0) is 5.41 Å². The van der Waals surface area contributed by atoms with Crippen molar-refractivity contribution in [1.82, 2.24) is 15.0 Å². The highest BCUT2D eigenvalue weighted by Crippen LogP contribution is 2.22. The van der Waals surface area contributed by atoms with Crippen molar-refractivity contribution in [1.29, 1.82) is 0 Å². The maximum atomic E-state index is 12.8. The molecule has 0 amide bonds. The van der Waals surface area contributed by atoms with Crippen LogP contribution >= 0.6 is 12.2 Å². The van der Waals surface area contributed by atoms with E-state index in [2.05, 4.69) is 35.7 Å². The topological polar surface area (TPSA) is 41.6 Å². The molecule has 0 unspecified atom stereocenters. The van der Waals surface area contributed by atoms with Gasteiger partial charge in [-0.05, 0) is 18.2 Å². The lowest BCUT2D eigenvalue weighted by molar-refractivity contribution is 0.567. The van der Waals surface area contributed by atoms with Gasteiger partial charge in [-0.15, -0.1) is 0 Å². The lowest BCUT2D eigenvalue weighted by atomic mass is 9.92. The van der Waals surface area contributed by atoms with E-state index < -0.39 is 0 Å². The van der Waals surface area contributed by atoms with Gasteiger partial charge in [0.1, 0.15) is 16.2 Å². The molecule has 0 fully saturated rings. The number of aromatic nitrogens is 3. The Kier molecular flexibility index (Phi) is 3.26. The van der Waals surface area contributed by atoms with Gasteiger partial charge in [0.15, 0.2) is 5.82 Å². The zero-order valence-corrected chi connectivity index (χ0v) is 11.3. The monoisotopic (exact) mass is 263 g/mol. The normalized spacial score (nSPS) is 11.6. The van der Waals surface area contributed by atoms with Gasteiger partial charge in [0, 0.05) is 11.1 Å². The molecule has 18 heavy (non-hydrogen) atoms. The maximum absolute atomic E-state index is 12.8. The molecular weight excluding hydrogens is 249 g/mol. The number of nitrogens with zero attached hydrogens (tertiary/aromatic N) is 2. The van der Waals surface area contributed by atoms with Crippen LogP contribution in [0.3, 0.4) is 0 Å². The Morgan fingerprint density at radius 2 is 2.00 bits per heavy atom. The Morgan fingerprint density at radius 3 is 2.56 bits per heavy atom. The van der Waals surface area contributed by atoms with Crippen LogP contribution in [-0.4, -0.2) is 15.0 Å². The van der Waals surface area contributed by atoms with E-state index in [1.807, 2.05) is 6.07 Å². The summed E-state index contributed by atoms with van der Waals surface area (Å²) in [5.74, 6) is 0.191. The summed E-state index contributed by atoms with van der Waals surface area (Å²) in [5.41, 5.74) is 1.49. The minimum Gasteiger partial charge on any atom is -0.341 e. The number of H-pyrrole nitrogens is 1. The van der Waals surface area contributed by atoms with Crippen LogP contribution in [0.4, 0.5) is 4.39 Å². The van der Waals surface area contributed by atoms with Crippen molar-refractivity contribution in [3.63, 3.8) is 0 Å². The van der Waals surface area contributed by atoms with Crippen LogP contribution in [0.1, 0.15) is 26.5 Å². The van der Waals surface area contributed by atoms with Gasteiger partial charge in [-0.1, -0.05) is 33.0 Å². The second kappa shape index (κ2) is 4.57. The summed E-state index contributed by atoms with van der Waals surface area (Å²) in [6.45, 7) is 6.24. The predicted molar refractivity (Wildman–Crippen MR) is 71.3 cm³/mol. The molecule has 0 saturated carbocycles. The van der Waals surface area contributed by atoms with Crippen LogP contribution < -0.4 is 0 Å². The molecule has 0 atom stereocenters. The van der Waals surface area contributed by atoms with Crippen molar-refractivity contribution in [3.8, 4) is 11.5 Å². The minimum atomic E-state index is -0.371. The predicted octanol–water partition coefficient (Wildman–Crippen LogP) is 3.64. The minimum absolute atomic E-state index is 0.0642. The Bertz CT molecular complexity index is 611. The number of nitrogens with one attached hydrogen (secondary N) is 1. The van der Waals surface area contributed by atoms with Gasteiger partial charge in [0.25, 0.3) is 0 Å². The molecule has 1 N–H and O–H groups in total. The van der Waals surface area contributed by atoms with E-state index in [0.717, 1.165) is 11.9 Å². The van der Waals surface area contributed by atoms with Crippen LogP contribution in [0.25, 0.3) is 11.5 Å². The summed E-state index contributed by atoms with van der Waals surface area (Å²) in [4.78, 5) is 11.4. The number of rotatable bonds is 1. The zero-order chi connectivity index (χ0) is 13.3. The van der Waals surface area contributed by atoms with Crippen molar-refractivity contribution in [2.75, 3.05) is 0 Å². The third-order valence-electron chi connectivity index (χ3n) is 2.52. The lowest BCUT2D eigenvalue weighted by Gasteiger charge is -2.19. The Balaban J connectivity index is 2.55. The van der Waals surface area contributed by atoms with Crippen molar-refractivity contribution in [3.05, 3.63) is 40.5 Å². The summed E-state index contributed by atoms with van der Waals surface area (Å²) in [6, 6.07) is 4.77. The first kappa shape index (κ1) is 12.8. The third kappa shape index (κ3) is 2.79.